The van der Waals surface area contributed by atoms with Gasteiger partial charge in [-0.15, -0.1) is 0 Å². The van der Waals surface area contributed by atoms with Crippen molar-refractivity contribution in [1.82, 2.24) is 9.55 Å². The summed E-state index contributed by atoms with van der Waals surface area (Å²) in [6.45, 7) is 7.64. The Hall–Kier alpha value is -3.00. The molecule has 7 nitrogen and oxygen atoms in total. The molecule has 1 aliphatic rings. The largest absolute Gasteiger partial charge is 0.371 e. The quantitative estimate of drug-likeness (QED) is 0.520. The average Bonchev–Trinajstić information content (AvgIpc) is 3.29. The van der Waals surface area contributed by atoms with E-state index in [0.29, 0.717) is 17.6 Å². The third-order valence-electron chi connectivity index (χ3n) is 5.97. The van der Waals surface area contributed by atoms with Crippen molar-refractivity contribution in [3.05, 3.63) is 53.6 Å². The Balaban J connectivity index is 1.88. The smallest absolute Gasteiger partial charge is 0.278 e. The third-order valence-corrected chi connectivity index (χ3v) is 7.35. The number of rotatable bonds is 8. The average molecular weight is 455 g/mol. The summed E-state index contributed by atoms with van der Waals surface area (Å²) in [4.78, 5) is 18.1. The van der Waals surface area contributed by atoms with Crippen LogP contribution in [0.4, 0.5) is 11.4 Å². The predicted octanol–water partition coefficient (Wildman–Crippen LogP) is 4.63. The van der Waals surface area contributed by atoms with E-state index >= 15 is 0 Å². The zero-order valence-corrected chi connectivity index (χ0v) is 19.2. The van der Waals surface area contributed by atoms with E-state index in [1.807, 2.05) is 31.2 Å². The number of anilines is 2. The Morgan fingerprint density at radius 1 is 1.16 bits per heavy atom. The lowest BCUT2D eigenvalue weighted by Gasteiger charge is -2.31. The van der Waals surface area contributed by atoms with Crippen molar-refractivity contribution < 1.29 is 8.42 Å². The van der Waals surface area contributed by atoms with Crippen molar-refractivity contribution >= 4 is 38.5 Å². The number of hydrogen-bond acceptors (Lipinski definition) is 4. The molecule has 1 fully saturated rings. The molecule has 8 heteroatoms. The van der Waals surface area contributed by atoms with Gasteiger partial charge in [-0.05, 0) is 49.9 Å². The van der Waals surface area contributed by atoms with Crippen LogP contribution in [0.2, 0.25) is 0 Å². The lowest BCUT2D eigenvalue weighted by molar-refractivity contribution is 0.578. The Labute approximate surface area is 188 Å². The predicted molar refractivity (Wildman–Crippen MR) is 133 cm³/mol. The van der Waals surface area contributed by atoms with Gasteiger partial charge in [-0.1, -0.05) is 19.9 Å². The molecule has 32 heavy (non-hydrogen) atoms. The van der Waals surface area contributed by atoms with Crippen molar-refractivity contribution in [3.8, 4) is 11.1 Å². The number of aromatic nitrogens is 2. The molecular formula is C24H30N4O3S. The molecular weight excluding hydrogens is 424 g/mol. The van der Waals surface area contributed by atoms with Crippen LogP contribution in [0.3, 0.4) is 0 Å². The number of hydrogen-bond donors (Lipinski definition) is 2. The first-order valence-corrected chi connectivity index (χ1v) is 12.8. The molecule has 0 unspecified atom stereocenters. The molecule has 0 bridgehead atoms. The topological polar surface area (TPSA) is 87.2 Å². The Kier molecular flexibility index (Phi) is 6.41. The molecule has 2 N–H and O–H groups in total. The first-order chi connectivity index (χ1) is 15.4. The minimum atomic E-state index is -3.43. The SMILES string of the molecule is C=Cn1cc(-c2cc(NS(=O)(=O)CCCC)ccc2N2CCCCC2)c2cc[nH]c2c1=O. The highest BCUT2D eigenvalue weighted by Gasteiger charge is 2.20. The number of unbranched alkanes of at least 4 members (excludes halogenated alkanes) is 1. The van der Waals surface area contributed by atoms with Gasteiger partial charge in [-0.2, -0.15) is 0 Å². The molecule has 0 radical (unpaired) electrons. The van der Waals surface area contributed by atoms with Gasteiger partial charge in [0.1, 0.15) is 5.52 Å². The van der Waals surface area contributed by atoms with Crippen LogP contribution >= 0.6 is 0 Å². The van der Waals surface area contributed by atoms with E-state index in [1.54, 1.807) is 12.4 Å². The first-order valence-electron chi connectivity index (χ1n) is 11.2. The normalized spacial score (nSPS) is 14.6. The minimum absolute atomic E-state index is 0.0934. The number of H-pyrrole nitrogens is 1. The van der Waals surface area contributed by atoms with Gasteiger partial charge in [-0.3, -0.25) is 14.1 Å². The molecule has 1 aliphatic heterocycles. The maximum Gasteiger partial charge on any atom is 0.278 e. The zero-order valence-electron chi connectivity index (χ0n) is 18.4. The van der Waals surface area contributed by atoms with Gasteiger partial charge in [0, 0.05) is 59.6 Å². The number of nitrogens with zero attached hydrogens (tertiary/aromatic N) is 2. The highest BCUT2D eigenvalue weighted by atomic mass is 32.2. The number of sulfonamides is 1. The second-order valence-electron chi connectivity index (χ2n) is 8.26. The van der Waals surface area contributed by atoms with E-state index in [0.717, 1.165) is 54.6 Å². The molecule has 170 valence electrons. The van der Waals surface area contributed by atoms with E-state index in [4.69, 9.17) is 0 Å². The molecule has 0 saturated carbocycles. The molecule has 0 amide bonds. The summed E-state index contributed by atoms with van der Waals surface area (Å²) >= 11 is 0. The van der Waals surface area contributed by atoms with Gasteiger partial charge in [-0.25, -0.2) is 8.42 Å². The summed E-state index contributed by atoms with van der Waals surface area (Å²) in [6, 6.07) is 7.58. The fraction of sp³-hybridized carbons (Fsp3) is 0.375. The van der Waals surface area contributed by atoms with Gasteiger partial charge in [0.2, 0.25) is 10.0 Å². The van der Waals surface area contributed by atoms with Crippen LogP contribution in [0.15, 0.2) is 48.0 Å². The van der Waals surface area contributed by atoms with Crippen LogP contribution in [0.5, 0.6) is 0 Å². The van der Waals surface area contributed by atoms with E-state index in [1.165, 1.54) is 17.2 Å². The molecule has 1 saturated heterocycles. The second kappa shape index (κ2) is 9.24. The van der Waals surface area contributed by atoms with Gasteiger partial charge < -0.3 is 9.88 Å². The molecule has 4 rings (SSSR count). The Morgan fingerprint density at radius 3 is 2.66 bits per heavy atom. The lowest BCUT2D eigenvalue weighted by atomic mass is 9.99. The van der Waals surface area contributed by atoms with Crippen LogP contribution < -0.4 is 15.2 Å². The monoisotopic (exact) mass is 454 g/mol. The Morgan fingerprint density at radius 2 is 1.94 bits per heavy atom. The van der Waals surface area contributed by atoms with Crippen molar-refractivity contribution in [3.63, 3.8) is 0 Å². The molecule has 3 heterocycles. The van der Waals surface area contributed by atoms with E-state index in [-0.39, 0.29) is 11.3 Å². The van der Waals surface area contributed by atoms with E-state index in [9.17, 15) is 13.2 Å². The maximum absolute atomic E-state index is 12.7. The molecule has 3 aromatic rings. The summed E-state index contributed by atoms with van der Waals surface area (Å²) < 4.78 is 29.2. The van der Waals surface area contributed by atoms with E-state index < -0.39 is 10.0 Å². The van der Waals surface area contributed by atoms with Crippen LogP contribution in [-0.4, -0.2) is 36.8 Å². The van der Waals surface area contributed by atoms with Gasteiger partial charge in [0.25, 0.3) is 5.56 Å². The minimum Gasteiger partial charge on any atom is -0.371 e. The lowest BCUT2D eigenvalue weighted by Crippen LogP contribution is -2.30. The van der Waals surface area contributed by atoms with Gasteiger partial charge >= 0.3 is 0 Å². The Bertz CT molecular complexity index is 1280. The number of nitrogens with one attached hydrogen (secondary N) is 2. The van der Waals surface area contributed by atoms with E-state index in [2.05, 4.69) is 21.2 Å². The number of fused-ring (bicyclic) bond motifs is 1. The standard InChI is InChI=1S/C24H30N4O3S/c1-3-5-15-32(30,31)26-18-9-10-22(28-13-7-6-8-14-28)20(16-18)21-17-27(4-2)24(29)23-19(21)11-12-25-23/h4,9-12,16-17,25-26H,2-3,5-8,13-15H2,1H3. The first kappa shape index (κ1) is 22.2. The number of pyridine rings is 1. The summed E-state index contributed by atoms with van der Waals surface area (Å²) in [5, 5.41) is 0.803. The highest BCUT2D eigenvalue weighted by molar-refractivity contribution is 7.92. The highest BCUT2D eigenvalue weighted by Crippen LogP contribution is 2.38. The zero-order chi connectivity index (χ0) is 22.7. The van der Waals surface area contributed by atoms with Crippen LogP contribution in [0.25, 0.3) is 28.2 Å². The van der Waals surface area contributed by atoms with Crippen LogP contribution in [0, 0.1) is 0 Å². The van der Waals surface area contributed by atoms with Gasteiger partial charge in [0.15, 0.2) is 0 Å². The number of aromatic amines is 1. The molecule has 0 spiro atoms. The molecule has 0 atom stereocenters. The second-order valence-corrected chi connectivity index (χ2v) is 10.1. The summed E-state index contributed by atoms with van der Waals surface area (Å²) in [6.07, 6.45) is 9.91. The maximum atomic E-state index is 12.7. The summed E-state index contributed by atoms with van der Waals surface area (Å²) in [7, 11) is -3.43. The van der Waals surface area contributed by atoms with Crippen LogP contribution in [-0.2, 0) is 10.0 Å². The fourth-order valence-electron chi connectivity index (χ4n) is 4.31. The third kappa shape index (κ3) is 4.46. The summed E-state index contributed by atoms with van der Waals surface area (Å²) in [5.74, 6) is 0.0934. The molecule has 2 aromatic heterocycles. The molecule has 1 aromatic carbocycles. The van der Waals surface area contributed by atoms with Gasteiger partial charge in [0.05, 0.1) is 5.75 Å². The van der Waals surface area contributed by atoms with Crippen molar-refractivity contribution in [2.75, 3.05) is 28.5 Å². The van der Waals surface area contributed by atoms with Crippen molar-refractivity contribution in [2.24, 2.45) is 0 Å². The number of benzene rings is 1. The summed E-state index contributed by atoms with van der Waals surface area (Å²) in [5.41, 5.74) is 3.65. The van der Waals surface area contributed by atoms with Crippen molar-refractivity contribution in [1.29, 1.82) is 0 Å². The fourth-order valence-corrected chi connectivity index (χ4v) is 5.57. The van der Waals surface area contributed by atoms with Crippen molar-refractivity contribution in [2.45, 2.75) is 39.0 Å². The molecule has 0 aliphatic carbocycles. The number of piperidine rings is 1. The van der Waals surface area contributed by atoms with Crippen LogP contribution in [0.1, 0.15) is 39.0 Å².